The standard InChI is InChI=1S/C18H20FN3O2S/c1-2-22-8-7-13-14(10-22)25-18(16(13)17(20)24)21-15(23)9-11-3-5-12(19)6-4-11/h3-6H,2,7-10H2,1H3,(H2,20,24)(H,21,23)/p+1. The first-order valence-corrected chi connectivity index (χ1v) is 9.11. The molecular formula is C18H21FN3O2S+. The fourth-order valence-electron chi connectivity index (χ4n) is 3.15. The number of fused-ring (bicyclic) bond motifs is 1. The predicted octanol–water partition coefficient (Wildman–Crippen LogP) is 1.13. The van der Waals surface area contributed by atoms with Crippen LogP contribution in [0.15, 0.2) is 24.3 Å². The van der Waals surface area contributed by atoms with Crippen molar-refractivity contribution >= 4 is 28.2 Å². The molecule has 2 aromatic rings. The molecule has 3 rings (SSSR count). The van der Waals surface area contributed by atoms with Gasteiger partial charge in [0.05, 0.1) is 30.0 Å². The Morgan fingerprint density at radius 2 is 2.04 bits per heavy atom. The molecule has 1 aliphatic rings. The van der Waals surface area contributed by atoms with Gasteiger partial charge in [-0.05, 0) is 30.2 Å². The third kappa shape index (κ3) is 3.88. The smallest absolute Gasteiger partial charge is 0.252 e. The summed E-state index contributed by atoms with van der Waals surface area (Å²) in [6.07, 6.45) is 0.911. The molecule has 0 aliphatic carbocycles. The number of benzene rings is 1. The second-order valence-electron chi connectivity index (χ2n) is 6.20. The molecule has 1 aliphatic heterocycles. The van der Waals surface area contributed by atoms with Crippen molar-refractivity contribution in [3.8, 4) is 0 Å². The average Bonchev–Trinajstić information content (AvgIpc) is 2.93. The van der Waals surface area contributed by atoms with Gasteiger partial charge in [0, 0.05) is 6.42 Å². The monoisotopic (exact) mass is 362 g/mol. The number of likely N-dealkylation sites (N-methyl/N-ethyl adjacent to an activating group) is 1. The quantitative estimate of drug-likeness (QED) is 0.746. The van der Waals surface area contributed by atoms with Crippen molar-refractivity contribution in [3.63, 3.8) is 0 Å². The summed E-state index contributed by atoms with van der Waals surface area (Å²) < 4.78 is 13.0. The Hall–Kier alpha value is -2.25. The van der Waals surface area contributed by atoms with Crippen LogP contribution in [0.3, 0.4) is 0 Å². The summed E-state index contributed by atoms with van der Waals surface area (Å²) in [5, 5.41) is 3.35. The Labute approximate surface area is 149 Å². The van der Waals surface area contributed by atoms with Crippen LogP contribution >= 0.6 is 11.3 Å². The molecule has 1 aromatic heterocycles. The SMILES string of the molecule is CC[NH+]1CCc2c(sc(NC(=O)Cc3ccc(F)cc3)c2C(N)=O)C1. The van der Waals surface area contributed by atoms with Crippen molar-refractivity contribution in [1.29, 1.82) is 0 Å². The number of amides is 2. The molecule has 0 saturated heterocycles. The molecule has 0 bridgehead atoms. The summed E-state index contributed by atoms with van der Waals surface area (Å²) in [6, 6.07) is 5.80. The predicted molar refractivity (Wildman–Crippen MR) is 95.3 cm³/mol. The number of primary amides is 1. The van der Waals surface area contributed by atoms with E-state index in [0.29, 0.717) is 16.1 Å². The Bertz CT molecular complexity index is 801. The first kappa shape index (κ1) is 17.6. The molecule has 132 valence electrons. The number of nitrogens with one attached hydrogen (secondary N) is 2. The van der Waals surface area contributed by atoms with Crippen molar-refractivity contribution in [1.82, 2.24) is 0 Å². The second kappa shape index (κ2) is 7.33. The van der Waals surface area contributed by atoms with Crippen LogP contribution in [-0.2, 0) is 24.2 Å². The van der Waals surface area contributed by atoms with E-state index < -0.39 is 5.91 Å². The summed E-state index contributed by atoms with van der Waals surface area (Å²) in [6.45, 7) is 4.97. The fraction of sp³-hybridized carbons (Fsp3) is 0.333. The lowest BCUT2D eigenvalue weighted by Gasteiger charge is -2.22. The Morgan fingerprint density at radius 3 is 2.68 bits per heavy atom. The van der Waals surface area contributed by atoms with Gasteiger partial charge in [-0.3, -0.25) is 9.59 Å². The minimum absolute atomic E-state index is 0.118. The molecule has 0 fully saturated rings. The van der Waals surface area contributed by atoms with Crippen molar-refractivity contribution in [2.45, 2.75) is 26.3 Å². The molecule has 7 heteroatoms. The van der Waals surface area contributed by atoms with Crippen LogP contribution in [0, 0.1) is 5.82 Å². The third-order valence-electron chi connectivity index (χ3n) is 4.51. The molecule has 1 atom stereocenters. The molecule has 5 nitrogen and oxygen atoms in total. The summed E-state index contributed by atoms with van der Waals surface area (Å²) >= 11 is 1.44. The van der Waals surface area contributed by atoms with Crippen LogP contribution in [-0.4, -0.2) is 24.9 Å². The number of hydrogen-bond acceptors (Lipinski definition) is 3. The van der Waals surface area contributed by atoms with Gasteiger partial charge in [0.25, 0.3) is 5.91 Å². The number of carbonyl (C=O) groups excluding carboxylic acids is 2. The van der Waals surface area contributed by atoms with Crippen molar-refractivity contribution in [2.75, 3.05) is 18.4 Å². The van der Waals surface area contributed by atoms with Crippen LogP contribution in [0.2, 0.25) is 0 Å². The number of nitrogens with two attached hydrogens (primary N) is 1. The van der Waals surface area contributed by atoms with E-state index in [0.717, 1.165) is 36.5 Å². The zero-order valence-corrected chi connectivity index (χ0v) is 14.8. The van der Waals surface area contributed by atoms with E-state index in [4.69, 9.17) is 5.73 Å². The molecule has 0 spiro atoms. The Morgan fingerprint density at radius 1 is 1.32 bits per heavy atom. The lowest BCUT2D eigenvalue weighted by atomic mass is 10.0. The Balaban J connectivity index is 1.79. The summed E-state index contributed by atoms with van der Waals surface area (Å²) in [5.74, 6) is -1.09. The van der Waals surface area contributed by atoms with E-state index in [9.17, 15) is 14.0 Å². The number of thiophene rings is 1. The van der Waals surface area contributed by atoms with Gasteiger partial charge in [-0.25, -0.2) is 4.39 Å². The number of rotatable bonds is 5. The van der Waals surface area contributed by atoms with Gasteiger partial charge in [0.15, 0.2) is 0 Å². The van der Waals surface area contributed by atoms with Gasteiger partial charge in [0.1, 0.15) is 17.4 Å². The summed E-state index contributed by atoms with van der Waals surface area (Å²) in [5.41, 5.74) is 7.70. The molecule has 1 unspecified atom stereocenters. The summed E-state index contributed by atoms with van der Waals surface area (Å²) in [4.78, 5) is 26.8. The topological polar surface area (TPSA) is 76.6 Å². The minimum Gasteiger partial charge on any atom is -0.365 e. The lowest BCUT2D eigenvalue weighted by molar-refractivity contribution is -0.913. The highest BCUT2D eigenvalue weighted by Crippen LogP contribution is 2.34. The van der Waals surface area contributed by atoms with E-state index in [1.165, 1.54) is 28.4 Å². The van der Waals surface area contributed by atoms with E-state index in [1.54, 1.807) is 12.1 Å². The zero-order valence-electron chi connectivity index (χ0n) is 14.0. The number of anilines is 1. The van der Waals surface area contributed by atoms with Gasteiger partial charge in [0.2, 0.25) is 5.91 Å². The zero-order chi connectivity index (χ0) is 18.0. The first-order valence-electron chi connectivity index (χ1n) is 8.30. The fourth-order valence-corrected chi connectivity index (χ4v) is 4.49. The Kier molecular flexibility index (Phi) is 5.15. The maximum atomic E-state index is 13.0. The number of halogens is 1. The maximum absolute atomic E-state index is 13.0. The van der Waals surface area contributed by atoms with Gasteiger partial charge < -0.3 is 16.0 Å². The van der Waals surface area contributed by atoms with E-state index in [-0.39, 0.29) is 18.1 Å². The lowest BCUT2D eigenvalue weighted by Crippen LogP contribution is -3.11. The minimum atomic E-state index is -0.505. The normalized spacial score (nSPS) is 16.3. The highest BCUT2D eigenvalue weighted by molar-refractivity contribution is 7.17. The van der Waals surface area contributed by atoms with Crippen molar-refractivity contribution < 1.29 is 18.9 Å². The van der Waals surface area contributed by atoms with Crippen LogP contribution in [0.25, 0.3) is 0 Å². The highest BCUT2D eigenvalue weighted by Gasteiger charge is 2.29. The first-order chi connectivity index (χ1) is 12.0. The van der Waals surface area contributed by atoms with Gasteiger partial charge in [-0.2, -0.15) is 0 Å². The maximum Gasteiger partial charge on any atom is 0.252 e. The van der Waals surface area contributed by atoms with Crippen LogP contribution in [0.4, 0.5) is 9.39 Å². The van der Waals surface area contributed by atoms with Gasteiger partial charge in [-0.1, -0.05) is 12.1 Å². The molecule has 1 aromatic carbocycles. The van der Waals surface area contributed by atoms with Crippen molar-refractivity contribution in [3.05, 3.63) is 51.7 Å². The molecule has 2 amide bonds. The van der Waals surface area contributed by atoms with Crippen LogP contribution in [0.1, 0.15) is 33.3 Å². The number of carbonyl (C=O) groups is 2. The molecule has 4 N–H and O–H groups in total. The molecule has 25 heavy (non-hydrogen) atoms. The van der Waals surface area contributed by atoms with Gasteiger partial charge >= 0.3 is 0 Å². The molecule has 0 saturated carbocycles. The van der Waals surface area contributed by atoms with E-state index in [2.05, 4.69) is 12.2 Å². The molecule has 2 heterocycles. The van der Waals surface area contributed by atoms with Crippen molar-refractivity contribution in [2.24, 2.45) is 5.73 Å². The highest BCUT2D eigenvalue weighted by atomic mass is 32.1. The molecular weight excluding hydrogens is 341 g/mol. The molecule has 0 radical (unpaired) electrons. The number of hydrogen-bond donors (Lipinski definition) is 3. The number of quaternary nitrogens is 1. The van der Waals surface area contributed by atoms with Gasteiger partial charge in [-0.15, -0.1) is 11.3 Å². The summed E-state index contributed by atoms with van der Waals surface area (Å²) in [7, 11) is 0. The largest absolute Gasteiger partial charge is 0.365 e. The van der Waals surface area contributed by atoms with Crippen LogP contribution in [0.5, 0.6) is 0 Å². The van der Waals surface area contributed by atoms with E-state index in [1.807, 2.05) is 0 Å². The van der Waals surface area contributed by atoms with E-state index >= 15 is 0 Å². The average molecular weight is 362 g/mol. The second-order valence-corrected chi connectivity index (χ2v) is 7.31. The van der Waals surface area contributed by atoms with Crippen LogP contribution < -0.4 is 16.0 Å². The third-order valence-corrected chi connectivity index (χ3v) is 5.65.